The highest BCUT2D eigenvalue weighted by molar-refractivity contribution is 9.10. The van der Waals surface area contributed by atoms with E-state index in [-0.39, 0.29) is 0 Å². The van der Waals surface area contributed by atoms with E-state index in [0.29, 0.717) is 0 Å². The summed E-state index contributed by atoms with van der Waals surface area (Å²) in [4.78, 5) is 6.59. The number of aromatic nitrogens is 1. The third-order valence-electron chi connectivity index (χ3n) is 3.68. The van der Waals surface area contributed by atoms with E-state index >= 15 is 0 Å². The van der Waals surface area contributed by atoms with Gasteiger partial charge in [-0.2, -0.15) is 0 Å². The van der Waals surface area contributed by atoms with Crippen molar-refractivity contribution in [2.75, 3.05) is 13.1 Å². The SMILES string of the molecule is C=C(C)N1CCC(O)(c2ccc(Br)nc2C)CC1. The predicted octanol–water partition coefficient (Wildman–Crippen LogP) is 2.97. The Morgan fingerprint density at radius 2 is 2.06 bits per heavy atom. The molecule has 2 rings (SSSR count). The molecule has 1 N–H and O–H groups in total. The fourth-order valence-corrected chi connectivity index (χ4v) is 2.95. The van der Waals surface area contributed by atoms with E-state index in [1.54, 1.807) is 0 Å². The standard InChI is InChI=1S/C14H19BrN2O/c1-10(2)17-8-6-14(18,7-9-17)12-4-5-13(15)16-11(12)3/h4-5,18H,1,6-9H2,2-3H3. The van der Waals surface area contributed by atoms with Crippen molar-refractivity contribution in [3.8, 4) is 0 Å². The zero-order valence-electron chi connectivity index (χ0n) is 10.9. The van der Waals surface area contributed by atoms with Crippen molar-refractivity contribution in [2.45, 2.75) is 32.3 Å². The number of aliphatic hydroxyl groups is 1. The Balaban J connectivity index is 2.20. The van der Waals surface area contributed by atoms with Crippen LogP contribution in [0.3, 0.4) is 0 Å². The highest BCUT2D eigenvalue weighted by atomic mass is 79.9. The average Bonchev–Trinajstić information content (AvgIpc) is 2.29. The molecule has 1 aromatic heterocycles. The summed E-state index contributed by atoms with van der Waals surface area (Å²) < 4.78 is 0.812. The number of piperidine rings is 1. The molecule has 1 aliphatic heterocycles. The topological polar surface area (TPSA) is 36.4 Å². The van der Waals surface area contributed by atoms with Gasteiger partial charge in [-0.15, -0.1) is 0 Å². The van der Waals surface area contributed by atoms with E-state index < -0.39 is 5.60 Å². The normalized spacial score (nSPS) is 18.8. The molecule has 1 aromatic rings. The number of nitrogens with zero attached hydrogens (tertiary/aromatic N) is 2. The Bertz CT molecular complexity index is 465. The van der Waals surface area contributed by atoms with Crippen molar-refractivity contribution in [3.63, 3.8) is 0 Å². The summed E-state index contributed by atoms with van der Waals surface area (Å²) in [5.74, 6) is 0. The van der Waals surface area contributed by atoms with Crippen LogP contribution >= 0.6 is 15.9 Å². The Morgan fingerprint density at radius 1 is 1.44 bits per heavy atom. The monoisotopic (exact) mass is 310 g/mol. The molecule has 1 saturated heterocycles. The summed E-state index contributed by atoms with van der Waals surface area (Å²) in [6.07, 6.45) is 1.45. The number of hydrogen-bond donors (Lipinski definition) is 1. The lowest BCUT2D eigenvalue weighted by atomic mass is 9.83. The summed E-state index contributed by atoms with van der Waals surface area (Å²) in [7, 11) is 0. The van der Waals surface area contributed by atoms with Crippen LogP contribution in [-0.2, 0) is 5.60 Å². The molecule has 0 radical (unpaired) electrons. The maximum Gasteiger partial charge on any atom is 0.106 e. The molecule has 0 atom stereocenters. The molecule has 2 heterocycles. The minimum Gasteiger partial charge on any atom is -0.385 e. The third-order valence-corrected chi connectivity index (χ3v) is 4.13. The van der Waals surface area contributed by atoms with Gasteiger partial charge in [0.1, 0.15) is 4.60 Å². The molecule has 4 heteroatoms. The molecular weight excluding hydrogens is 292 g/mol. The maximum atomic E-state index is 10.8. The molecule has 0 bridgehead atoms. The molecule has 98 valence electrons. The van der Waals surface area contributed by atoms with Crippen LogP contribution in [0.4, 0.5) is 0 Å². The first kappa shape index (κ1) is 13.6. The Labute approximate surface area is 117 Å². The van der Waals surface area contributed by atoms with Crippen molar-refractivity contribution in [1.82, 2.24) is 9.88 Å². The first-order valence-corrected chi connectivity index (χ1v) is 6.98. The molecule has 0 unspecified atom stereocenters. The Kier molecular flexibility index (Phi) is 3.78. The molecule has 1 fully saturated rings. The molecule has 0 amide bonds. The van der Waals surface area contributed by atoms with Gasteiger partial charge in [0.05, 0.1) is 5.60 Å². The number of rotatable bonds is 2. The van der Waals surface area contributed by atoms with Gasteiger partial charge >= 0.3 is 0 Å². The lowest BCUT2D eigenvalue weighted by molar-refractivity contribution is -0.0192. The number of allylic oxidation sites excluding steroid dienone is 1. The van der Waals surface area contributed by atoms with E-state index in [0.717, 1.165) is 47.5 Å². The van der Waals surface area contributed by atoms with Gasteiger partial charge in [0.2, 0.25) is 0 Å². The van der Waals surface area contributed by atoms with Crippen molar-refractivity contribution in [2.24, 2.45) is 0 Å². The smallest absolute Gasteiger partial charge is 0.106 e. The molecule has 18 heavy (non-hydrogen) atoms. The molecule has 3 nitrogen and oxygen atoms in total. The number of likely N-dealkylation sites (tertiary alicyclic amines) is 1. The fraction of sp³-hybridized carbons (Fsp3) is 0.500. The van der Waals surface area contributed by atoms with Crippen LogP contribution in [0.2, 0.25) is 0 Å². The zero-order valence-corrected chi connectivity index (χ0v) is 12.5. The number of hydrogen-bond acceptors (Lipinski definition) is 3. The molecule has 0 saturated carbocycles. The van der Waals surface area contributed by atoms with Gasteiger partial charge in [-0.3, -0.25) is 0 Å². The number of aryl methyl sites for hydroxylation is 1. The van der Waals surface area contributed by atoms with E-state index in [1.807, 2.05) is 26.0 Å². The largest absolute Gasteiger partial charge is 0.385 e. The van der Waals surface area contributed by atoms with Crippen molar-refractivity contribution in [1.29, 1.82) is 0 Å². The van der Waals surface area contributed by atoms with E-state index in [9.17, 15) is 5.11 Å². The van der Waals surface area contributed by atoms with Crippen LogP contribution in [0.25, 0.3) is 0 Å². The molecule has 1 aliphatic rings. The van der Waals surface area contributed by atoms with Crippen molar-refractivity contribution >= 4 is 15.9 Å². The van der Waals surface area contributed by atoms with Crippen molar-refractivity contribution < 1.29 is 5.11 Å². The van der Waals surface area contributed by atoms with Crippen LogP contribution in [0, 0.1) is 6.92 Å². The van der Waals surface area contributed by atoms with Gasteiger partial charge in [-0.25, -0.2) is 4.98 Å². The summed E-state index contributed by atoms with van der Waals surface area (Å²) in [5.41, 5.74) is 2.18. The van der Waals surface area contributed by atoms with Gasteiger partial charge in [0.25, 0.3) is 0 Å². The van der Waals surface area contributed by atoms with Crippen LogP contribution in [0.1, 0.15) is 31.0 Å². The Hall–Kier alpha value is -0.870. The van der Waals surface area contributed by atoms with E-state index in [4.69, 9.17) is 0 Å². The number of halogens is 1. The predicted molar refractivity (Wildman–Crippen MR) is 76.2 cm³/mol. The van der Waals surface area contributed by atoms with Crippen LogP contribution in [-0.4, -0.2) is 28.1 Å². The maximum absolute atomic E-state index is 10.8. The highest BCUT2D eigenvalue weighted by Crippen LogP contribution is 2.35. The lowest BCUT2D eigenvalue weighted by Gasteiger charge is -2.40. The molecule has 0 aromatic carbocycles. The summed E-state index contributed by atoms with van der Waals surface area (Å²) in [5, 5.41) is 10.8. The van der Waals surface area contributed by atoms with E-state index in [2.05, 4.69) is 32.4 Å². The summed E-state index contributed by atoms with van der Waals surface area (Å²) in [6.45, 7) is 9.61. The van der Waals surface area contributed by atoms with Gasteiger partial charge in [0, 0.05) is 30.0 Å². The lowest BCUT2D eigenvalue weighted by Crippen LogP contribution is -2.42. The minimum absolute atomic E-state index is 0.726. The van der Waals surface area contributed by atoms with Crippen molar-refractivity contribution in [3.05, 3.63) is 40.3 Å². The average molecular weight is 311 g/mol. The summed E-state index contributed by atoms with van der Waals surface area (Å²) >= 11 is 3.35. The van der Waals surface area contributed by atoms with Gasteiger partial charge in [-0.1, -0.05) is 12.6 Å². The van der Waals surface area contributed by atoms with E-state index in [1.165, 1.54) is 0 Å². The molecule has 0 spiro atoms. The number of pyridine rings is 1. The van der Waals surface area contributed by atoms with Gasteiger partial charge in [-0.05, 0) is 48.7 Å². The third kappa shape index (κ3) is 2.59. The summed E-state index contributed by atoms with van der Waals surface area (Å²) in [6, 6.07) is 3.87. The highest BCUT2D eigenvalue weighted by Gasteiger charge is 2.35. The second-order valence-corrected chi connectivity index (χ2v) is 5.83. The second-order valence-electron chi connectivity index (χ2n) is 5.02. The van der Waals surface area contributed by atoms with Crippen LogP contribution < -0.4 is 0 Å². The first-order chi connectivity index (χ1) is 8.42. The molecular formula is C14H19BrN2O. The van der Waals surface area contributed by atoms with Gasteiger partial charge in [0.15, 0.2) is 0 Å². The van der Waals surface area contributed by atoms with Gasteiger partial charge < -0.3 is 10.0 Å². The quantitative estimate of drug-likeness (QED) is 0.853. The van der Waals surface area contributed by atoms with Crippen LogP contribution in [0.15, 0.2) is 29.0 Å². The Morgan fingerprint density at radius 3 is 2.56 bits per heavy atom. The first-order valence-electron chi connectivity index (χ1n) is 6.19. The fourth-order valence-electron chi connectivity index (χ4n) is 2.55. The zero-order chi connectivity index (χ0) is 13.3. The second kappa shape index (κ2) is 5.02. The molecule has 0 aliphatic carbocycles. The van der Waals surface area contributed by atoms with Crippen LogP contribution in [0.5, 0.6) is 0 Å². The minimum atomic E-state index is -0.746.